The predicted octanol–water partition coefficient (Wildman–Crippen LogP) is 13.8. The zero-order chi connectivity index (χ0) is 34.9. The van der Waals surface area contributed by atoms with Crippen LogP contribution in [-0.2, 0) is 32.1 Å². The first-order valence-corrected chi connectivity index (χ1v) is 22.5. The van der Waals surface area contributed by atoms with Gasteiger partial charge in [0.2, 0.25) is 0 Å². The number of allylic oxidation sites excluding steroid dienone is 4. The summed E-state index contributed by atoms with van der Waals surface area (Å²) in [6.45, 7) is 13.9. The summed E-state index contributed by atoms with van der Waals surface area (Å²) >= 11 is 11.1. The molecule has 0 atom stereocenters. The molecule has 2 aliphatic carbocycles. The molecule has 3 heteroatoms. The Hall–Kier alpha value is -3.35. The van der Waals surface area contributed by atoms with Crippen molar-refractivity contribution in [3.8, 4) is 11.1 Å². The molecule has 0 aliphatic heterocycles. The van der Waals surface area contributed by atoms with Gasteiger partial charge in [-0.05, 0) is 0 Å². The first-order chi connectivity index (χ1) is 23.9. The van der Waals surface area contributed by atoms with E-state index in [9.17, 15) is 0 Å². The van der Waals surface area contributed by atoms with Gasteiger partial charge < -0.3 is 0 Å². The van der Waals surface area contributed by atoms with Crippen LogP contribution in [0.25, 0.3) is 32.7 Å². The van der Waals surface area contributed by atoms with E-state index in [1.54, 1.807) is 0 Å². The molecule has 0 amide bonds. The van der Waals surface area contributed by atoms with E-state index in [4.69, 9.17) is 23.2 Å². The quantitative estimate of drug-likeness (QED) is 0.168. The Morgan fingerprint density at radius 1 is 0.540 bits per heavy atom. The molecule has 6 aromatic rings. The number of rotatable bonds is 4. The van der Waals surface area contributed by atoms with Crippen LogP contribution in [0.5, 0.6) is 0 Å². The van der Waals surface area contributed by atoms with E-state index in [2.05, 4.69) is 175 Å². The fourth-order valence-corrected chi connectivity index (χ4v) is 18.0. The molecule has 0 heterocycles. The van der Waals surface area contributed by atoms with Gasteiger partial charge in [-0.25, -0.2) is 0 Å². The van der Waals surface area contributed by atoms with Crippen molar-refractivity contribution >= 4 is 48.0 Å². The molecule has 0 spiro atoms. The summed E-state index contributed by atoms with van der Waals surface area (Å²) in [5.41, 5.74) is 11.1. The van der Waals surface area contributed by atoms with Crippen molar-refractivity contribution in [3.63, 3.8) is 0 Å². The first-order valence-electron chi connectivity index (χ1n) is 17.6. The fourth-order valence-electron chi connectivity index (χ4n) is 8.08. The number of halogens is 2. The molecule has 0 fully saturated rings. The molecule has 0 bridgehead atoms. The zero-order valence-corrected chi connectivity index (χ0v) is 33.6. The average Bonchev–Trinajstić information content (AvgIpc) is 3.72. The fraction of sp³-hybridized carbons (Fsp3) is 0.213. The Morgan fingerprint density at radius 3 is 1.42 bits per heavy atom. The number of hydrogen-bond donors (Lipinski definition) is 0. The second kappa shape index (κ2) is 12.7. The van der Waals surface area contributed by atoms with Crippen LogP contribution < -0.4 is 0 Å². The number of benzene rings is 6. The predicted molar refractivity (Wildman–Crippen MR) is 214 cm³/mol. The minimum absolute atomic E-state index is 0.0458. The molecule has 2 aliphatic rings. The van der Waals surface area contributed by atoms with E-state index in [0.717, 1.165) is 20.8 Å². The third-order valence-corrected chi connectivity index (χ3v) is 19.6. The minimum atomic E-state index is -3.03. The molecule has 0 nitrogen and oxygen atoms in total. The SMILES string of the molecule is CC(C)(C)c1ccc2c(c1)-c1cc(C(C)(C)C)ccc1[CH]2[Zr](=[C](c1cc(Cl)cc2ccccc12)c1cc(Cl)cc2ccccc12)[CH]1C=CC=C1. The van der Waals surface area contributed by atoms with E-state index in [-0.39, 0.29) is 14.5 Å². The van der Waals surface area contributed by atoms with E-state index in [1.807, 2.05) is 0 Å². The third kappa shape index (κ3) is 5.94. The van der Waals surface area contributed by atoms with Gasteiger partial charge in [0.25, 0.3) is 0 Å². The third-order valence-electron chi connectivity index (χ3n) is 10.6. The second-order valence-electron chi connectivity index (χ2n) is 16.0. The van der Waals surface area contributed by atoms with Gasteiger partial charge in [-0.3, -0.25) is 0 Å². The van der Waals surface area contributed by atoms with Crippen molar-refractivity contribution in [2.45, 2.75) is 59.6 Å². The van der Waals surface area contributed by atoms with Gasteiger partial charge in [-0.2, -0.15) is 0 Å². The Labute approximate surface area is 314 Å². The average molecular weight is 769 g/mol. The zero-order valence-electron chi connectivity index (χ0n) is 29.6. The summed E-state index contributed by atoms with van der Waals surface area (Å²) in [7, 11) is 0. The van der Waals surface area contributed by atoms with Crippen LogP contribution in [0.2, 0.25) is 13.7 Å². The molecule has 0 saturated carbocycles. The molecule has 0 saturated heterocycles. The van der Waals surface area contributed by atoms with Crippen LogP contribution in [0.15, 0.2) is 133 Å². The number of hydrogen-bond acceptors (Lipinski definition) is 0. The Morgan fingerprint density at radius 2 is 0.980 bits per heavy atom. The van der Waals surface area contributed by atoms with Gasteiger partial charge in [-0.1, -0.05) is 0 Å². The molecule has 248 valence electrons. The summed E-state index contributed by atoms with van der Waals surface area (Å²) in [5, 5.41) is 6.33. The normalized spacial score (nSPS) is 14.5. The van der Waals surface area contributed by atoms with Crippen molar-refractivity contribution in [3.05, 3.63) is 177 Å². The Balaban J connectivity index is 1.56. The maximum absolute atomic E-state index is 7.07. The van der Waals surface area contributed by atoms with Gasteiger partial charge in [0.1, 0.15) is 0 Å². The van der Waals surface area contributed by atoms with Gasteiger partial charge in [0.15, 0.2) is 0 Å². The number of fused-ring (bicyclic) bond motifs is 5. The van der Waals surface area contributed by atoms with Gasteiger partial charge >= 0.3 is 317 Å². The molecule has 0 unspecified atom stereocenters. The second-order valence-corrected chi connectivity index (χ2v) is 23.4. The monoisotopic (exact) mass is 766 g/mol. The molecule has 6 aromatic carbocycles. The molecule has 0 radical (unpaired) electrons. The molecule has 50 heavy (non-hydrogen) atoms. The maximum atomic E-state index is 7.07. The first kappa shape index (κ1) is 33.8. The van der Waals surface area contributed by atoms with Crippen LogP contribution >= 0.6 is 23.2 Å². The van der Waals surface area contributed by atoms with Gasteiger partial charge in [-0.15, -0.1) is 0 Å². The van der Waals surface area contributed by atoms with E-state index in [0.29, 0.717) is 3.63 Å². The molecular weight excluding hydrogens is 727 g/mol. The van der Waals surface area contributed by atoms with Crippen molar-refractivity contribution in [1.29, 1.82) is 0 Å². The van der Waals surface area contributed by atoms with Gasteiger partial charge in [0, 0.05) is 0 Å². The van der Waals surface area contributed by atoms with Crippen LogP contribution in [-0.4, -0.2) is 3.21 Å². The van der Waals surface area contributed by atoms with Gasteiger partial charge in [0.05, 0.1) is 0 Å². The topological polar surface area (TPSA) is 0 Å². The van der Waals surface area contributed by atoms with Crippen LogP contribution in [0.4, 0.5) is 0 Å². The Bertz CT molecular complexity index is 2270. The van der Waals surface area contributed by atoms with Crippen LogP contribution in [0, 0.1) is 0 Å². The summed E-state index contributed by atoms with van der Waals surface area (Å²) < 4.78 is 2.10. The summed E-state index contributed by atoms with van der Waals surface area (Å²) in [5.74, 6) is 0. The standard InChI is InChI=1S/C21H12Cl2.C21H25.C5H5.Zr/c22-18-10-14-5-1-3-7-20(14)16(12-18)9-17-13-19(23)11-15-6-2-4-8-21(15)17;1-20(2,3)16-9-7-14-11-15-8-10-17(21(4,5)6)13-19(15)18(14)12-16;1-2-4-5-3-1;/h1-8,10-13H;7-13H,1-6H3;1-5H;. The van der Waals surface area contributed by atoms with E-state index < -0.39 is 21.3 Å². The summed E-state index contributed by atoms with van der Waals surface area (Å²) in [4.78, 5) is 0. The van der Waals surface area contributed by atoms with Crippen molar-refractivity contribution in [1.82, 2.24) is 0 Å². The molecule has 8 rings (SSSR count). The van der Waals surface area contributed by atoms with Crippen molar-refractivity contribution in [2.24, 2.45) is 0 Å². The van der Waals surface area contributed by atoms with E-state index >= 15 is 0 Å². The molecule has 0 N–H and O–H groups in total. The summed E-state index contributed by atoms with van der Waals surface area (Å²) in [6.07, 6.45) is 9.46. The van der Waals surface area contributed by atoms with E-state index in [1.165, 1.54) is 58.5 Å². The van der Waals surface area contributed by atoms with Crippen molar-refractivity contribution in [2.75, 3.05) is 0 Å². The summed E-state index contributed by atoms with van der Waals surface area (Å²) in [6, 6.07) is 40.9. The Kier molecular flexibility index (Phi) is 8.58. The molecule has 0 aromatic heterocycles. The molecular formula is C47H42Cl2Zr. The van der Waals surface area contributed by atoms with Crippen LogP contribution in [0.1, 0.15) is 78.5 Å². The van der Waals surface area contributed by atoms with Crippen molar-refractivity contribution < 1.29 is 21.3 Å². The van der Waals surface area contributed by atoms with Crippen LogP contribution in [0.3, 0.4) is 0 Å².